The molecule has 1 aromatic carbocycles. The molecule has 0 saturated carbocycles. The highest BCUT2D eigenvalue weighted by Crippen LogP contribution is 2.20. The van der Waals surface area contributed by atoms with Crippen molar-refractivity contribution in [1.82, 2.24) is 0 Å². The third kappa shape index (κ3) is 3.06. The summed E-state index contributed by atoms with van der Waals surface area (Å²) in [6.07, 6.45) is 4.53. The summed E-state index contributed by atoms with van der Waals surface area (Å²) in [4.78, 5) is 12.2. The minimum atomic E-state index is -0.273. The Balaban J connectivity index is 2.32. The van der Waals surface area contributed by atoms with Crippen molar-refractivity contribution in [3.05, 3.63) is 77.8 Å². The van der Waals surface area contributed by atoms with Gasteiger partial charge in [0.05, 0.1) is 11.3 Å². The van der Waals surface area contributed by atoms with E-state index in [2.05, 4.69) is 6.58 Å². The molecule has 3 heteroatoms. The fraction of sp³-hybridized carbons (Fsp3) is 0.118. The second-order valence-electron chi connectivity index (χ2n) is 4.44. The van der Waals surface area contributed by atoms with E-state index in [1.165, 1.54) is 12.2 Å². The second-order valence-corrected chi connectivity index (χ2v) is 4.44. The number of aliphatic hydroxyl groups is 1. The van der Waals surface area contributed by atoms with Crippen LogP contribution in [0.3, 0.4) is 0 Å². The zero-order valence-electron chi connectivity index (χ0n) is 11.3. The summed E-state index contributed by atoms with van der Waals surface area (Å²) < 4.78 is 5.27. The zero-order chi connectivity index (χ0) is 14.5. The highest BCUT2D eigenvalue weighted by molar-refractivity contribution is 6.09. The lowest BCUT2D eigenvalue weighted by Gasteiger charge is -2.14. The molecule has 0 aliphatic carbocycles. The molecule has 0 spiro atoms. The normalized spacial score (nSPS) is 15.4. The van der Waals surface area contributed by atoms with Gasteiger partial charge in [-0.05, 0) is 24.1 Å². The lowest BCUT2D eigenvalue weighted by atomic mass is 10.0. The fourth-order valence-corrected chi connectivity index (χ4v) is 1.90. The van der Waals surface area contributed by atoms with Crippen molar-refractivity contribution in [1.29, 1.82) is 0 Å². The molecule has 0 fully saturated rings. The Bertz CT molecular complexity index is 619. The third-order valence-corrected chi connectivity index (χ3v) is 3.00. The molecule has 0 unspecified atom stereocenters. The number of hydrogen-bond acceptors (Lipinski definition) is 3. The largest absolute Gasteiger partial charge is 0.507 e. The summed E-state index contributed by atoms with van der Waals surface area (Å²) >= 11 is 0. The molecule has 1 aliphatic heterocycles. The Morgan fingerprint density at radius 2 is 2.05 bits per heavy atom. The second kappa shape index (κ2) is 6.06. The number of rotatable bonds is 4. The maximum absolute atomic E-state index is 12.2. The van der Waals surface area contributed by atoms with Crippen molar-refractivity contribution in [2.24, 2.45) is 0 Å². The first-order chi connectivity index (χ1) is 9.61. The zero-order valence-corrected chi connectivity index (χ0v) is 11.3. The molecule has 0 saturated heterocycles. The minimum absolute atomic E-state index is 0.0357. The van der Waals surface area contributed by atoms with Gasteiger partial charge in [0.1, 0.15) is 12.4 Å². The number of aliphatic hydroxyl groups excluding tert-OH is 1. The van der Waals surface area contributed by atoms with Crippen LogP contribution in [0, 0.1) is 0 Å². The quantitative estimate of drug-likeness (QED) is 0.670. The maximum Gasteiger partial charge on any atom is 0.189 e. The summed E-state index contributed by atoms with van der Waals surface area (Å²) in [6, 6.07) is 9.49. The predicted octanol–water partition coefficient (Wildman–Crippen LogP) is 3.57. The topological polar surface area (TPSA) is 46.5 Å². The van der Waals surface area contributed by atoms with Gasteiger partial charge < -0.3 is 9.84 Å². The highest BCUT2D eigenvalue weighted by Gasteiger charge is 2.17. The molecule has 1 aromatic rings. The van der Waals surface area contributed by atoms with E-state index in [4.69, 9.17) is 4.74 Å². The number of carbonyl (C=O) groups is 1. The summed E-state index contributed by atoms with van der Waals surface area (Å²) in [5.41, 5.74) is 1.87. The van der Waals surface area contributed by atoms with Crippen molar-refractivity contribution in [3.63, 3.8) is 0 Å². The van der Waals surface area contributed by atoms with Crippen LogP contribution in [0.1, 0.15) is 12.5 Å². The Hall–Kier alpha value is -2.55. The number of allylic oxidation sites excluding steroid dienone is 5. The van der Waals surface area contributed by atoms with Gasteiger partial charge >= 0.3 is 0 Å². The van der Waals surface area contributed by atoms with Crippen LogP contribution in [0.4, 0.5) is 0 Å². The first-order valence-electron chi connectivity index (χ1n) is 6.29. The van der Waals surface area contributed by atoms with Crippen LogP contribution in [-0.2, 0) is 9.53 Å². The maximum atomic E-state index is 12.2. The van der Waals surface area contributed by atoms with Crippen molar-refractivity contribution in [2.75, 3.05) is 6.61 Å². The Morgan fingerprint density at radius 1 is 1.35 bits per heavy atom. The summed E-state index contributed by atoms with van der Waals surface area (Å²) in [5, 5.41) is 9.81. The van der Waals surface area contributed by atoms with Crippen LogP contribution in [-0.4, -0.2) is 17.5 Å². The van der Waals surface area contributed by atoms with Gasteiger partial charge in [-0.15, -0.1) is 0 Å². The Labute approximate surface area is 118 Å². The number of hydrogen-bond donors (Lipinski definition) is 1. The first kappa shape index (κ1) is 13.9. The van der Waals surface area contributed by atoms with Gasteiger partial charge in [0, 0.05) is 6.08 Å². The predicted molar refractivity (Wildman–Crippen MR) is 79.0 cm³/mol. The standard InChI is InChI=1S/C17H16O3/c1-3-13(14-7-5-4-6-8-14)10-17(19)15-11-20-12(2)9-16(15)18/h3-10,18H,1,11H2,2H3. The van der Waals surface area contributed by atoms with Crippen molar-refractivity contribution in [2.45, 2.75) is 6.92 Å². The number of carbonyl (C=O) groups excluding carboxylic acids is 1. The molecule has 0 aromatic heterocycles. The summed E-state index contributed by atoms with van der Waals surface area (Å²) in [6.45, 7) is 5.54. The Morgan fingerprint density at radius 3 is 2.65 bits per heavy atom. The number of ether oxygens (including phenoxy) is 1. The molecule has 2 rings (SSSR count). The van der Waals surface area contributed by atoms with E-state index in [0.29, 0.717) is 11.3 Å². The van der Waals surface area contributed by atoms with E-state index in [0.717, 1.165) is 5.56 Å². The average molecular weight is 268 g/mol. The molecule has 1 heterocycles. The fourth-order valence-electron chi connectivity index (χ4n) is 1.90. The SMILES string of the molecule is C=CC(=CC(=O)C1=C(O)C=C(C)OC1)c1ccccc1. The summed E-state index contributed by atoms with van der Waals surface area (Å²) in [7, 11) is 0. The smallest absolute Gasteiger partial charge is 0.189 e. The van der Waals surface area contributed by atoms with Gasteiger partial charge in [-0.3, -0.25) is 4.79 Å². The molecule has 20 heavy (non-hydrogen) atoms. The van der Waals surface area contributed by atoms with Crippen molar-refractivity contribution >= 4 is 11.4 Å². The molecule has 0 radical (unpaired) electrons. The lowest BCUT2D eigenvalue weighted by molar-refractivity contribution is -0.112. The Kier molecular flexibility index (Phi) is 4.20. The van der Waals surface area contributed by atoms with Gasteiger partial charge in [0.25, 0.3) is 0 Å². The van der Waals surface area contributed by atoms with Gasteiger partial charge in [0.2, 0.25) is 0 Å². The molecule has 1 aliphatic rings. The van der Waals surface area contributed by atoms with E-state index < -0.39 is 0 Å². The highest BCUT2D eigenvalue weighted by atomic mass is 16.5. The van der Waals surface area contributed by atoms with Crippen molar-refractivity contribution in [3.8, 4) is 0 Å². The number of ketones is 1. The van der Waals surface area contributed by atoms with Crippen LogP contribution in [0.25, 0.3) is 5.57 Å². The van der Waals surface area contributed by atoms with E-state index in [-0.39, 0.29) is 23.7 Å². The third-order valence-electron chi connectivity index (χ3n) is 3.00. The van der Waals surface area contributed by atoms with Crippen LogP contribution < -0.4 is 0 Å². The van der Waals surface area contributed by atoms with E-state index >= 15 is 0 Å². The first-order valence-corrected chi connectivity index (χ1v) is 6.29. The van der Waals surface area contributed by atoms with Gasteiger partial charge in [-0.1, -0.05) is 43.0 Å². The monoisotopic (exact) mass is 268 g/mol. The molecular weight excluding hydrogens is 252 g/mol. The van der Waals surface area contributed by atoms with Crippen molar-refractivity contribution < 1.29 is 14.6 Å². The van der Waals surface area contributed by atoms with Gasteiger partial charge in [-0.25, -0.2) is 0 Å². The minimum Gasteiger partial charge on any atom is -0.507 e. The van der Waals surface area contributed by atoms with Crippen LogP contribution >= 0.6 is 0 Å². The summed E-state index contributed by atoms with van der Waals surface area (Å²) in [5.74, 6) is 0.284. The van der Waals surface area contributed by atoms with E-state index in [9.17, 15) is 9.90 Å². The van der Waals surface area contributed by atoms with Gasteiger partial charge in [0.15, 0.2) is 5.78 Å². The average Bonchev–Trinajstić information content (AvgIpc) is 2.45. The molecule has 0 atom stereocenters. The molecule has 102 valence electrons. The molecule has 3 nitrogen and oxygen atoms in total. The van der Waals surface area contributed by atoms with Crippen LogP contribution in [0.15, 0.2) is 72.2 Å². The van der Waals surface area contributed by atoms with Crippen LogP contribution in [0.2, 0.25) is 0 Å². The molecule has 0 amide bonds. The van der Waals surface area contributed by atoms with E-state index in [1.54, 1.807) is 13.0 Å². The number of benzene rings is 1. The van der Waals surface area contributed by atoms with Crippen LogP contribution in [0.5, 0.6) is 0 Å². The molecular formula is C17H16O3. The molecule has 0 bridgehead atoms. The van der Waals surface area contributed by atoms with E-state index in [1.807, 2.05) is 30.3 Å². The van der Waals surface area contributed by atoms with Gasteiger partial charge in [-0.2, -0.15) is 0 Å². The lowest BCUT2D eigenvalue weighted by Crippen LogP contribution is -2.13. The molecule has 1 N–H and O–H groups in total.